The maximum atomic E-state index is 6.17. The number of hydrogen-bond acceptors (Lipinski definition) is 2. The maximum absolute atomic E-state index is 6.17. The van der Waals surface area contributed by atoms with E-state index in [1.807, 2.05) is 0 Å². The molecule has 1 saturated heterocycles. The van der Waals surface area contributed by atoms with Gasteiger partial charge in [-0.25, -0.2) is 0 Å². The minimum absolute atomic E-state index is 0.461. The van der Waals surface area contributed by atoms with Crippen molar-refractivity contribution in [3.05, 3.63) is 0 Å². The van der Waals surface area contributed by atoms with Gasteiger partial charge in [-0.05, 0) is 37.5 Å². The first kappa shape index (κ1) is 10.4. The van der Waals surface area contributed by atoms with Crippen LogP contribution >= 0.6 is 0 Å². The maximum Gasteiger partial charge on any atom is 0.0468 e. The van der Waals surface area contributed by atoms with E-state index in [-0.39, 0.29) is 0 Å². The highest BCUT2D eigenvalue weighted by molar-refractivity contribution is 4.78. The molecule has 1 aliphatic carbocycles. The van der Waals surface area contributed by atoms with E-state index in [1.54, 1.807) is 0 Å². The molecule has 0 spiro atoms. The molecule has 2 nitrogen and oxygen atoms in total. The van der Waals surface area contributed by atoms with Gasteiger partial charge in [0.05, 0.1) is 0 Å². The third-order valence-electron chi connectivity index (χ3n) is 3.84. The first-order valence-corrected chi connectivity index (χ1v) is 6.18. The van der Waals surface area contributed by atoms with Crippen molar-refractivity contribution in [2.75, 3.05) is 13.2 Å². The molecule has 2 N–H and O–H groups in total. The fourth-order valence-corrected chi connectivity index (χ4v) is 2.66. The van der Waals surface area contributed by atoms with Crippen molar-refractivity contribution in [3.8, 4) is 0 Å². The van der Waals surface area contributed by atoms with Crippen LogP contribution in [0.2, 0.25) is 0 Å². The van der Waals surface area contributed by atoms with Crippen LogP contribution in [0, 0.1) is 11.8 Å². The molecule has 0 radical (unpaired) electrons. The van der Waals surface area contributed by atoms with Crippen LogP contribution in [0.4, 0.5) is 0 Å². The fourth-order valence-electron chi connectivity index (χ4n) is 2.66. The van der Waals surface area contributed by atoms with Crippen LogP contribution in [0.25, 0.3) is 0 Å². The van der Waals surface area contributed by atoms with Crippen molar-refractivity contribution in [2.45, 2.75) is 51.0 Å². The van der Waals surface area contributed by atoms with Gasteiger partial charge in [-0.1, -0.05) is 19.3 Å². The van der Waals surface area contributed by atoms with Crippen molar-refractivity contribution in [1.29, 1.82) is 0 Å². The van der Waals surface area contributed by atoms with Crippen molar-refractivity contribution >= 4 is 0 Å². The van der Waals surface area contributed by atoms with Crippen LogP contribution in [0.5, 0.6) is 0 Å². The van der Waals surface area contributed by atoms with Crippen LogP contribution in [-0.2, 0) is 4.74 Å². The Hall–Kier alpha value is -0.0800. The van der Waals surface area contributed by atoms with Crippen LogP contribution in [-0.4, -0.2) is 19.3 Å². The van der Waals surface area contributed by atoms with Gasteiger partial charge >= 0.3 is 0 Å². The Kier molecular flexibility index (Phi) is 3.82. The molecule has 0 aromatic heterocycles. The smallest absolute Gasteiger partial charge is 0.0468 e. The van der Waals surface area contributed by atoms with Gasteiger partial charge in [0.1, 0.15) is 0 Å². The molecule has 2 rings (SSSR count). The number of nitrogens with two attached hydrogens (primary N) is 1. The van der Waals surface area contributed by atoms with E-state index in [4.69, 9.17) is 10.5 Å². The second kappa shape index (κ2) is 5.13. The van der Waals surface area contributed by atoms with Gasteiger partial charge < -0.3 is 10.5 Å². The largest absolute Gasteiger partial charge is 0.381 e. The summed E-state index contributed by atoms with van der Waals surface area (Å²) in [6.45, 7) is 1.92. The summed E-state index contributed by atoms with van der Waals surface area (Å²) in [6.07, 6.45) is 9.28. The minimum Gasteiger partial charge on any atom is -0.381 e. The minimum atomic E-state index is 0.461. The summed E-state index contributed by atoms with van der Waals surface area (Å²) in [4.78, 5) is 0. The molecule has 0 amide bonds. The molecule has 0 aromatic carbocycles. The summed E-state index contributed by atoms with van der Waals surface area (Å²) in [5, 5.41) is 0. The lowest BCUT2D eigenvalue weighted by atomic mass is 9.79. The molecule has 1 unspecified atom stereocenters. The molecular weight excluding hydrogens is 174 g/mol. The topological polar surface area (TPSA) is 35.2 Å². The molecule has 2 heteroatoms. The Labute approximate surface area is 87.2 Å². The predicted molar refractivity (Wildman–Crippen MR) is 58.1 cm³/mol. The van der Waals surface area contributed by atoms with Crippen molar-refractivity contribution in [1.82, 2.24) is 0 Å². The van der Waals surface area contributed by atoms with Gasteiger partial charge in [-0.2, -0.15) is 0 Å². The number of ether oxygens (including phenoxy) is 1. The molecule has 1 atom stereocenters. The Morgan fingerprint density at radius 2 is 1.57 bits per heavy atom. The lowest BCUT2D eigenvalue weighted by Gasteiger charge is -2.30. The second-order valence-corrected chi connectivity index (χ2v) is 5.08. The molecule has 0 aromatic rings. The van der Waals surface area contributed by atoms with Gasteiger partial charge in [0.2, 0.25) is 0 Å². The Morgan fingerprint density at radius 1 is 1.00 bits per heavy atom. The zero-order valence-corrected chi connectivity index (χ0v) is 9.08. The summed E-state index contributed by atoms with van der Waals surface area (Å²) >= 11 is 0. The molecule has 0 bridgehead atoms. The molecule has 1 heterocycles. The van der Waals surface area contributed by atoms with Crippen LogP contribution < -0.4 is 5.73 Å². The van der Waals surface area contributed by atoms with E-state index in [9.17, 15) is 0 Å². The third-order valence-corrected chi connectivity index (χ3v) is 3.84. The van der Waals surface area contributed by atoms with E-state index in [0.717, 1.165) is 25.0 Å². The van der Waals surface area contributed by atoms with Gasteiger partial charge in [0.25, 0.3) is 0 Å². The van der Waals surface area contributed by atoms with Crippen LogP contribution in [0.15, 0.2) is 0 Å². The molecule has 2 fully saturated rings. The van der Waals surface area contributed by atoms with Crippen molar-refractivity contribution in [3.63, 3.8) is 0 Å². The van der Waals surface area contributed by atoms with E-state index in [2.05, 4.69) is 0 Å². The zero-order valence-electron chi connectivity index (χ0n) is 9.08. The van der Waals surface area contributed by atoms with Crippen LogP contribution in [0.3, 0.4) is 0 Å². The molecule has 2 aliphatic rings. The zero-order chi connectivity index (χ0) is 9.80. The summed E-state index contributed by atoms with van der Waals surface area (Å²) in [5.41, 5.74) is 6.17. The third kappa shape index (κ3) is 2.96. The first-order valence-electron chi connectivity index (χ1n) is 6.18. The van der Waals surface area contributed by atoms with E-state index >= 15 is 0 Å². The summed E-state index contributed by atoms with van der Waals surface area (Å²) < 4.78 is 5.35. The van der Waals surface area contributed by atoms with Crippen LogP contribution in [0.1, 0.15) is 44.9 Å². The van der Waals surface area contributed by atoms with E-state index < -0.39 is 0 Å². The fraction of sp³-hybridized carbons (Fsp3) is 1.00. The summed E-state index contributed by atoms with van der Waals surface area (Å²) in [7, 11) is 0. The van der Waals surface area contributed by atoms with E-state index in [1.165, 1.54) is 44.9 Å². The first-order chi connectivity index (χ1) is 6.84. The second-order valence-electron chi connectivity index (χ2n) is 5.08. The van der Waals surface area contributed by atoms with E-state index in [0.29, 0.717) is 6.04 Å². The molecule has 14 heavy (non-hydrogen) atoms. The average Bonchev–Trinajstić information content (AvgIpc) is 2.13. The Bertz CT molecular complexity index is 162. The van der Waals surface area contributed by atoms with Crippen molar-refractivity contribution < 1.29 is 4.74 Å². The quantitative estimate of drug-likeness (QED) is 0.750. The van der Waals surface area contributed by atoms with Gasteiger partial charge in [-0.15, -0.1) is 0 Å². The van der Waals surface area contributed by atoms with Gasteiger partial charge in [0.15, 0.2) is 0 Å². The SMILES string of the molecule is NC(CC1CCC1)CC1CCOCC1. The van der Waals surface area contributed by atoms with Gasteiger partial charge in [0, 0.05) is 19.3 Å². The number of hydrogen-bond donors (Lipinski definition) is 1. The summed E-state index contributed by atoms with van der Waals surface area (Å²) in [5.74, 6) is 1.81. The van der Waals surface area contributed by atoms with Crippen molar-refractivity contribution in [2.24, 2.45) is 17.6 Å². The highest BCUT2D eigenvalue weighted by Gasteiger charge is 2.23. The number of rotatable bonds is 4. The highest BCUT2D eigenvalue weighted by Crippen LogP contribution is 2.32. The standard InChI is InChI=1S/C12H23NO/c13-12(8-10-2-1-3-10)9-11-4-6-14-7-5-11/h10-12H,1-9,13H2. The monoisotopic (exact) mass is 197 g/mol. The lowest BCUT2D eigenvalue weighted by molar-refractivity contribution is 0.0604. The highest BCUT2D eigenvalue weighted by atomic mass is 16.5. The molecule has 1 aliphatic heterocycles. The van der Waals surface area contributed by atoms with Gasteiger partial charge in [-0.3, -0.25) is 0 Å². The average molecular weight is 197 g/mol. The molecule has 1 saturated carbocycles. The lowest BCUT2D eigenvalue weighted by Crippen LogP contribution is -2.30. The molecule has 82 valence electrons. The Morgan fingerprint density at radius 3 is 2.07 bits per heavy atom. The molecular formula is C12H23NO. The Balaban J connectivity index is 1.62. The predicted octanol–water partition coefficient (Wildman–Crippen LogP) is 2.32. The normalized spacial score (nSPS) is 27.2. The summed E-state index contributed by atoms with van der Waals surface area (Å²) in [6, 6.07) is 0.461.